The van der Waals surface area contributed by atoms with Gasteiger partial charge in [-0.25, -0.2) is 14.5 Å². The Labute approximate surface area is 97.7 Å². The van der Waals surface area contributed by atoms with Gasteiger partial charge in [-0.1, -0.05) is 6.92 Å². The number of carbonyl (C=O) groups is 1. The van der Waals surface area contributed by atoms with Gasteiger partial charge in [0.25, 0.3) is 5.82 Å². The van der Waals surface area contributed by atoms with Crippen LogP contribution in [-0.2, 0) is 13.5 Å². The van der Waals surface area contributed by atoms with E-state index in [4.69, 9.17) is 5.11 Å². The molecule has 2 aromatic heterocycles. The van der Waals surface area contributed by atoms with Gasteiger partial charge in [0.2, 0.25) is 0 Å². The number of nitrogens with zero attached hydrogens (tertiary/aromatic N) is 5. The van der Waals surface area contributed by atoms with Crippen molar-refractivity contribution in [2.24, 2.45) is 7.05 Å². The van der Waals surface area contributed by atoms with Crippen LogP contribution in [0.4, 0.5) is 0 Å². The topological polar surface area (TPSA) is 85.8 Å². The molecule has 0 aliphatic rings. The second-order valence-corrected chi connectivity index (χ2v) is 3.69. The number of aryl methyl sites for hydroxylation is 3. The lowest BCUT2D eigenvalue weighted by atomic mass is 10.3. The summed E-state index contributed by atoms with van der Waals surface area (Å²) in [4.78, 5) is 14.7. The molecule has 0 atom stereocenters. The van der Waals surface area contributed by atoms with E-state index in [1.54, 1.807) is 17.8 Å². The molecule has 0 spiro atoms. The molecule has 0 aromatic carbocycles. The first-order valence-electron chi connectivity index (χ1n) is 5.22. The quantitative estimate of drug-likeness (QED) is 0.840. The molecule has 2 rings (SSSR count). The summed E-state index contributed by atoms with van der Waals surface area (Å²) in [5.74, 6) is -0.799. The molecule has 0 aliphatic heterocycles. The first kappa shape index (κ1) is 11.3. The Hall–Kier alpha value is -2.18. The maximum absolute atomic E-state index is 10.8. The van der Waals surface area contributed by atoms with Gasteiger partial charge in [0.05, 0.1) is 11.9 Å². The molecule has 2 heterocycles. The van der Waals surface area contributed by atoms with Crippen LogP contribution in [0.3, 0.4) is 0 Å². The Bertz CT molecular complexity index is 569. The highest BCUT2D eigenvalue weighted by molar-refractivity contribution is 5.83. The molecule has 17 heavy (non-hydrogen) atoms. The van der Waals surface area contributed by atoms with Crippen molar-refractivity contribution in [3.05, 3.63) is 23.5 Å². The Morgan fingerprint density at radius 2 is 2.18 bits per heavy atom. The van der Waals surface area contributed by atoms with Gasteiger partial charge < -0.3 is 5.11 Å². The Morgan fingerprint density at radius 1 is 1.47 bits per heavy atom. The zero-order valence-corrected chi connectivity index (χ0v) is 9.88. The van der Waals surface area contributed by atoms with Crippen LogP contribution in [-0.4, -0.2) is 35.6 Å². The van der Waals surface area contributed by atoms with Crippen molar-refractivity contribution in [3.8, 4) is 5.69 Å². The van der Waals surface area contributed by atoms with Gasteiger partial charge in [-0.05, 0) is 13.3 Å². The summed E-state index contributed by atoms with van der Waals surface area (Å²) in [5, 5.41) is 17.1. The highest BCUT2D eigenvalue weighted by Crippen LogP contribution is 2.14. The van der Waals surface area contributed by atoms with Crippen molar-refractivity contribution in [2.45, 2.75) is 20.3 Å². The molecule has 0 aliphatic carbocycles. The second kappa shape index (κ2) is 4.00. The smallest absolute Gasteiger partial charge is 0.375 e. The predicted molar refractivity (Wildman–Crippen MR) is 59.2 cm³/mol. The summed E-state index contributed by atoms with van der Waals surface area (Å²) in [6, 6.07) is 0. The van der Waals surface area contributed by atoms with Crippen LogP contribution in [0.1, 0.15) is 29.1 Å². The van der Waals surface area contributed by atoms with E-state index >= 15 is 0 Å². The lowest BCUT2D eigenvalue weighted by Gasteiger charge is -2.00. The maximum Gasteiger partial charge on any atom is 0.375 e. The third-order valence-electron chi connectivity index (χ3n) is 2.41. The number of carboxylic acids is 1. The first-order valence-corrected chi connectivity index (χ1v) is 5.22. The minimum atomic E-state index is -1.13. The number of hydrogen-bond donors (Lipinski definition) is 1. The fourth-order valence-electron chi connectivity index (χ4n) is 1.66. The summed E-state index contributed by atoms with van der Waals surface area (Å²) in [6.07, 6.45) is 2.55. The van der Waals surface area contributed by atoms with Gasteiger partial charge in [0.1, 0.15) is 11.5 Å². The summed E-state index contributed by atoms with van der Waals surface area (Å²) >= 11 is 0. The molecule has 0 fully saturated rings. The molecular weight excluding hydrogens is 222 g/mol. The molecule has 2 aromatic rings. The van der Waals surface area contributed by atoms with Crippen LogP contribution in [0.2, 0.25) is 0 Å². The monoisotopic (exact) mass is 235 g/mol. The highest BCUT2D eigenvalue weighted by Gasteiger charge is 2.17. The molecule has 1 N–H and O–H groups in total. The summed E-state index contributed by atoms with van der Waals surface area (Å²) in [7, 11) is 1.81. The van der Waals surface area contributed by atoms with Crippen LogP contribution >= 0.6 is 0 Å². The fourth-order valence-corrected chi connectivity index (χ4v) is 1.66. The molecule has 0 unspecified atom stereocenters. The average molecular weight is 235 g/mol. The van der Waals surface area contributed by atoms with Gasteiger partial charge in [0, 0.05) is 7.05 Å². The van der Waals surface area contributed by atoms with E-state index in [1.165, 1.54) is 4.68 Å². The largest absolute Gasteiger partial charge is 0.475 e. The Morgan fingerprint density at radius 3 is 2.71 bits per heavy atom. The number of aromatic carboxylic acids is 1. The maximum atomic E-state index is 10.8. The number of carboxylic acid groups (broad SMARTS) is 1. The van der Waals surface area contributed by atoms with Crippen LogP contribution in [0.5, 0.6) is 0 Å². The SMILES string of the molecule is CCc1nn(C)cc1-n1nc(C(=O)O)nc1C. The molecule has 0 radical (unpaired) electrons. The van der Waals surface area contributed by atoms with Crippen LogP contribution < -0.4 is 0 Å². The van der Waals surface area contributed by atoms with Crippen molar-refractivity contribution in [1.29, 1.82) is 0 Å². The van der Waals surface area contributed by atoms with Gasteiger partial charge in [0.15, 0.2) is 0 Å². The first-order chi connectivity index (χ1) is 8.02. The minimum absolute atomic E-state index is 0.201. The van der Waals surface area contributed by atoms with Crippen LogP contribution in [0.15, 0.2) is 6.20 Å². The number of rotatable bonds is 3. The van der Waals surface area contributed by atoms with Crippen LogP contribution in [0.25, 0.3) is 5.69 Å². The molecular formula is C10H13N5O2. The zero-order chi connectivity index (χ0) is 12.6. The van der Waals surface area contributed by atoms with Gasteiger partial charge in [-0.2, -0.15) is 5.10 Å². The van der Waals surface area contributed by atoms with Crippen molar-refractivity contribution in [2.75, 3.05) is 0 Å². The molecule has 0 bridgehead atoms. The molecule has 0 amide bonds. The molecule has 0 saturated heterocycles. The minimum Gasteiger partial charge on any atom is -0.475 e. The van der Waals surface area contributed by atoms with Gasteiger partial charge in [-0.15, -0.1) is 5.10 Å². The van der Waals surface area contributed by atoms with E-state index in [2.05, 4.69) is 15.2 Å². The van der Waals surface area contributed by atoms with E-state index < -0.39 is 5.97 Å². The molecule has 7 nitrogen and oxygen atoms in total. The summed E-state index contributed by atoms with van der Waals surface area (Å²) < 4.78 is 3.19. The lowest BCUT2D eigenvalue weighted by molar-refractivity contribution is 0.0683. The van der Waals surface area contributed by atoms with Crippen LogP contribution in [0, 0.1) is 6.92 Å². The van der Waals surface area contributed by atoms with E-state index in [0.717, 1.165) is 17.8 Å². The van der Waals surface area contributed by atoms with Gasteiger partial charge >= 0.3 is 5.97 Å². The molecule has 90 valence electrons. The van der Waals surface area contributed by atoms with E-state index in [-0.39, 0.29) is 5.82 Å². The van der Waals surface area contributed by atoms with Crippen molar-refractivity contribution in [1.82, 2.24) is 24.5 Å². The summed E-state index contributed by atoms with van der Waals surface area (Å²) in [6.45, 7) is 3.70. The van der Waals surface area contributed by atoms with Crippen molar-refractivity contribution < 1.29 is 9.90 Å². The normalized spacial score (nSPS) is 10.8. The lowest BCUT2D eigenvalue weighted by Crippen LogP contribution is -2.03. The van der Waals surface area contributed by atoms with Crippen molar-refractivity contribution in [3.63, 3.8) is 0 Å². The second-order valence-electron chi connectivity index (χ2n) is 3.69. The Balaban J connectivity index is 2.55. The predicted octanol–water partition coefficient (Wildman–Crippen LogP) is 0.570. The van der Waals surface area contributed by atoms with E-state index in [1.807, 2.05) is 14.0 Å². The molecule has 0 saturated carbocycles. The zero-order valence-electron chi connectivity index (χ0n) is 9.88. The fraction of sp³-hybridized carbons (Fsp3) is 0.400. The van der Waals surface area contributed by atoms with Gasteiger partial charge in [-0.3, -0.25) is 4.68 Å². The van der Waals surface area contributed by atoms with E-state index in [9.17, 15) is 4.79 Å². The highest BCUT2D eigenvalue weighted by atomic mass is 16.4. The standard InChI is InChI=1S/C10H13N5O2/c1-4-7-8(5-14(3)12-7)15-6(2)11-9(13-15)10(16)17/h5H,4H2,1-3H3,(H,16,17). The third-order valence-corrected chi connectivity index (χ3v) is 2.41. The average Bonchev–Trinajstić information content (AvgIpc) is 2.81. The third kappa shape index (κ3) is 1.91. The number of hydrogen-bond acceptors (Lipinski definition) is 4. The van der Waals surface area contributed by atoms with E-state index in [0.29, 0.717) is 5.82 Å². The Kier molecular flexibility index (Phi) is 2.66. The number of aromatic nitrogens is 5. The summed E-state index contributed by atoms with van der Waals surface area (Å²) in [5.41, 5.74) is 1.63. The molecule has 7 heteroatoms. The van der Waals surface area contributed by atoms with Crippen molar-refractivity contribution >= 4 is 5.97 Å².